The molecule has 0 spiro atoms. The number of rotatable bonds is 3. The fourth-order valence-electron chi connectivity index (χ4n) is 3.22. The molecule has 1 fully saturated rings. The van der Waals surface area contributed by atoms with Crippen molar-refractivity contribution in [3.8, 4) is 5.75 Å². The minimum Gasteiger partial charge on any atom is -0.507 e. The molecule has 2 aliphatic heterocycles. The van der Waals surface area contributed by atoms with Crippen LogP contribution in [0.4, 0.5) is 0 Å². The highest BCUT2D eigenvalue weighted by atomic mass is 32.2. The van der Waals surface area contributed by atoms with Crippen LogP contribution in [0.15, 0.2) is 64.5 Å². The lowest BCUT2D eigenvalue weighted by Crippen LogP contribution is -2.47. The third-order valence-corrected chi connectivity index (χ3v) is 5.77. The van der Waals surface area contributed by atoms with E-state index in [1.54, 1.807) is 24.3 Å². The summed E-state index contributed by atoms with van der Waals surface area (Å²) in [6.07, 6.45) is 1.71. The van der Waals surface area contributed by atoms with Crippen molar-refractivity contribution in [1.82, 2.24) is 9.80 Å². The summed E-state index contributed by atoms with van der Waals surface area (Å²) < 4.78 is 0. The van der Waals surface area contributed by atoms with Crippen molar-refractivity contribution in [2.45, 2.75) is 6.54 Å². The molecule has 2 aliphatic rings. The van der Waals surface area contributed by atoms with Gasteiger partial charge in [-0.3, -0.25) is 9.69 Å². The number of amides is 1. The number of nitrogens with zero attached hydrogens (tertiary/aromatic N) is 3. The Hall–Kier alpha value is -2.57. The first-order valence-electron chi connectivity index (χ1n) is 9.01. The number of phenols is 1. The number of amidine groups is 1. The van der Waals surface area contributed by atoms with E-state index in [2.05, 4.69) is 39.1 Å². The van der Waals surface area contributed by atoms with Crippen LogP contribution in [-0.4, -0.2) is 52.2 Å². The molecular weight excluding hydrogens is 358 g/mol. The molecular formula is C21H21N3O2S. The molecule has 2 aromatic carbocycles. The smallest absolute Gasteiger partial charge is 0.286 e. The molecule has 0 aliphatic carbocycles. The predicted octanol–water partition coefficient (Wildman–Crippen LogP) is 3.18. The summed E-state index contributed by atoms with van der Waals surface area (Å²) in [6, 6.07) is 17.5. The topological polar surface area (TPSA) is 56.1 Å². The Morgan fingerprint density at radius 1 is 1.00 bits per heavy atom. The van der Waals surface area contributed by atoms with E-state index in [1.165, 1.54) is 17.3 Å². The van der Waals surface area contributed by atoms with Gasteiger partial charge in [0, 0.05) is 38.3 Å². The van der Waals surface area contributed by atoms with E-state index in [9.17, 15) is 9.90 Å². The van der Waals surface area contributed by atoms with E-state index in [0.717, 1.165) is 37.9 Å². The van der Waals surface area contributed by atoms with Crippen molar-refractivity contribution in [2.24, 2.45) is 4.99 Å². The Morgan fingerprint density at radius 2 is 1.70 bits per heavy atom. The second-order valence-electron chi connectivity index (χ2n) is 6.62. The van der Waals surface area contributed by atoms with Gasteiger partial charge in [0.25, 0.3) is 5.91 Å². The van der Waals surface area contributed by atoms with Crippen LogP contribution in [0.5, 0.6) is 5.75 Å². The third-order valence-electron chi connectivity index (χ3n) is 4.72. The van der Waals surface area contributed by atoms with Gasteiger partial charge >= 0.3 is 0 Å². The number of aromatic hydroxyl groups is 1. The van der Waals surface area contributed by atoms with Crippen molar-refractivity contribution in [3.05, 3.63) is 70.6 Å². The SMILES string of the molecule is O=C1N=C(N2CCN(Cc3ccccc3)CC2)S/C1=C/c1ccccc1O. The Labute approximate surface area is 163 Å². The van der Waals surface area contributed by atoms with E-state index in [0.29, 0.717) is 10.5 Å². The van der Waals surface area contributed by atoms with Crippen LogP contribution in [0.2, 0.25) is 0 Å². The summed E-state index contributed by atoms with van der Waals surface area (Å²) in [5, 5.41) is 10.7. The van der Waals surface area contributed by atoms with Gasteiger partial charge in [0.15, 0.2) is 5.17 Å². The number of hydrogen-bond donors (Lipinski definition) is 1. The van der Waals surface area contributed by atoms with Crippen molar-refractivity contribution < 1.29 is 9.90 Å². The monoisotopic (exact) mass is 379 g/mol. The fourth-order valence-corrected chi connectivity index (χ4v) is 4.18. The van der Waals surface area contributed by atoms with E-state index in [1.807, 2.05) is 12.1 Å². The highest BCUT2D eigenvalue weighted by molar-refractivity contribution is 8.18. The van der Waals surface area contributed by atoms with Gasteiger partial charge in [0.2, 0.25) is 0 Å². The van der Waals surface area contributed by atoms with Crippen LogP contribution in [-0.2, 0) is 11.3 Å². The molecule has 2 aromatic rings. The molecule has 138 valence electrons. The second-order valence-corrected chi connectivity index (χ2v) is 7.63. The number of phenolic OH excluding ortho intramolecular Hbond substituents is 1. The maximum absolute atomic E-state index is 12.3. The first-order valence-corrected chi connectivity index (χ1v) is 9.82. The molecule has 4 rings (SSSR count). The molecule has 0 unspecified atom stereocenters. The summed E-state index contributed by atoms with van der Waals surface area (Å²) in [7, 11) is 0. The number of benzene rings is 2. The van der Waals surface area contributed by atoms with Crippen LogP contribution < -0.4 is 0 Å². The number of piperazine rings is 1. The molecule has 1 amide bonds. The largest absolute Gasteiger partial charge is 0.507 e. The fraction of sp³-hybridized carbons (Fsp3) is 0.238. The Kier molecular flexibility index (Phi) is 5.27. The Morgan fingerprint density at radius 3 is 2.44 bits per heavy atom. The lowest BCUT2D eigenvalue weighted by atomic mass is 10.2. The summed E-state index contributed by atoms with van der Waals surface area (Å²) in [5.41, 5.74) is 1.96. The summed E-state index contributed by atoms with van der Waals surface area (Å²) in [6.45, 7) is 4.56. The van der Waals surface area contributed by atoms with Gasteiger partial charge < -0.3 is 10.0 Å². The third kappa shape index (κ3) is 4.23. The van der Waals surface area contributed by atoms with E-state index in [4.69, 9.17) is 0 Å². The van der Waals surface area contributed by atoms with Gasteiger partial charge in [-0.25, -0.2) is 0 Å². The van der Waals surface area contributed by atoms with Crippen molar-refractivity contribution in [2.75, 3.05) is 26.2 Å². The maximum atomic E-state index is 12.3. The predicted molar refractivity (Wildman–Crippen MR) is 109 cm³/mol. The lowest BCUT2D eigenvalue weighted by Gasteiger charge is -2.35. The minimum atomic E-state index is -0.232. The van der Waals surface area contributed by atoms with E-state index >= 15 is 0 Å². The van der Waals surface area contributed by atoms with E-state index < -0.39 is 0 Å². The highest BCUT2D eigenvalue weighted by Gasteiger charge is 2.28. The molecule has 0 atom stereocenters. The lowest BCUT2D eigenvalue weighted by molar-refractivity contribution is -0.113. The molecule has 1 N–H and O–H groups in total. The zero-order chi connectivity index (χ0) is 18.6. The zero-order valence-electron chi connectivity index (χ0n) is 14.9. The molecule has 1 saturated heterocycles. The van der Waals surface area contributed by atoms with Crippen LogP contribution in [0.3, 0.4) is 0 Å². The molecule has 0 saturated carbocycles. The average molecular weight is 379 g/mol. The molecule has 0 radical (unpaired) electrons. The normalized spacial score (nSPS) is 19.6. The summed E-state index contributed by atoms with van der Waals surface area (Å²) in [5.74, 6) is -0.0636. The van der Waals surface area contributed by atoms with Crippen molar-refractivity contribution in [1.29, 1.82) is 0 Å². The number of thioether (sulfide) groups is 1. The van der Waals surface area contributed by atoms with Crippen LogP contribution in [0, 0.1) is 0 Å². The van der Waals surface area contributed by atoms with Gasteiger partial charge in [-0.05, 0) is 29.5 Å². The number of carbonyl (C=O) groups excluding carboxylic acids is 1. The van der Waals surface area contributed by atoms with Crippen LogP contribution >= 0.6 is 11.8 Å². The molecule has 0 aromatic heterocycles. The molecule has 2 heterocycles. The van der Waals surface area contributed by atoms with E-state index in [-0.39, 0.29) is 11.7 Å². The minimum absolute atomic E-state index is 0.168. The van der Waals surface area contributed by atoms with Gasteiger partial charge in [-0.15, -0.1) is 0 Å². The highest BCUT2D eigenvalue weighted by Crippen LogP contribution is 2.32. The van der Waals surface area contributed by atoms with Crippen molar-refractivity contribution in [3.63, 3.8) is 0 Å². The van der Waals surface area contributed by atoms with Gasteiger partial charge in [-0.2, -0.15) is 4.99 Å². The summed E-state index contributed by atoms with van der Waals surface area (Å²) in [4.78, 5) is 21.6. The number of carbonyl (C=O) groups is 1. The molecule has 27 heavy (non-hydrogen) atoms. The van der Waals surface area contributed by atoms with Crippen LogP contribution in [0.1, 0.15) is 11.1 Å². The average Bonchev–Trinajstić information content (AvgIpc) is 3.05. The number of aliphatic imine (C=N–C) groups is 1. The quantitative estimate of drug-likeness (QED) is 0.830. The number of hydrogen-bond acceptors (Lipinski definition) is 5. The zero-order valence-corrected chi connectivity index (χ0v) is 15.7. The number of para-hydroxylation sites is 1. The molecule has 5 nitrogen and oxygen atoms in total. The molecule has 0 bridgehead atoms. The van der Waals surface area contributed by atoms with Crippen LogP contribution in [0.25, 0.3) is 6.08 Å². The van der Waals surface area contributed by atoms with Crippen molar-refractivity contribution >= 4 is 28.9 Å². The first-order chi connectivity index (χ1) is 13.2. The second kappa shape index (κ2) is 7.98. The van der Waals surface area contributed by atoms with Gasteiger partial charge in [-0.1, -0.05) is 48.5 Å². The Bertz CT molecular complexity index is 887. The van der Waals surface area contributed by atoms with Gasteiger partial charge in [0.1, 0.15) is 5.75 Å². The maximum Gasteiger partial charge on any atom is 0.286 e. The summed E-state index contributed by atoms with van der Waals surface area (Å²) >= 11 is 1.39. The standard InChI is InChI=1S/C21H21N3O2S/c25-18-9-5-4-8-17(18)14-19-20(26)22-21(27-19)24-12-10-23(11-13-24)15-16-6-2-1-3-7-16/h1-9,14,25H,10-13,15H2/b19-14+. The first kappa shape index (κ1) is 17.8. The molecule has 6 heteroatoms. The Balaban J connectivity index is 1.36. The van der Waals surface area contributed by atoms with Gasteiger partial charge in [0.05, 0.1) is 4.91 Å².